The number of piperidine rings is 1. The molecule has 4 rings (SSSR count). The molecule has 0 atom stereocenters. The fraction of sp³-hybridized carbons (Fsp3) is 0.562. The highest BCUT2D eigenvalue weighted by Crippen LogP contribution is 2.32. The summed E-state index contributed by atoms with van der Waals surface area (Å²) in [4.78, 5) is 14.3. The summed E-state index contributed by atoms with van der Waals surface area (Å²) in [6.07, 6.45) is 7.42. The van der Waals surface area contributed by atoms with Crippen molar-refractivity contribution in [2.75, 3.05) is 13.1 Å². The van der Waals surface area contributed by atoms with Gasteiger partial charge in [0, 0.05) is 31.1 Å². The number of hydrogen-bond donors (Lipinski definition) is 0. The van der Waals surface area contributed by atoms with Crippen LogP contribution in [-0.2, 0) is 4.79 Å². The van der Waals surface area contributed by atoms with Crippen LogP contribution >= 0.6 is 0 Å². The van der Waals surface area contributed by atoms with Gasteiger partial charge in [-0.15, -0.1) is 10.2 Å². The summed E-state index contributed by atoms with van der Waals surface area (Å²) in [6, 6.07) is 5.97. The van der Waals surface area contributed by atoms with E-state index in [1.165, 1.54) is 6.42 Å². The zero-order chi connectivity index (χ0) is 14.2. The smallest absolute Gasteiger partial charge is 0.225 e. The number of fused-ring (bicyclic) bond motifs is 1. The summed E-state index contributed by atoms with van der Waals surface area (Å²) in [7, 11) is 0. The highest BCUT2D eigenvalue weighted by atomic mass is 16.2. The first-order valence-corrected chi connectivity index (χ1v) is 7.91. The first-order chi connectivity index (χ1) is 10.3. The Kier molecular flexibility index (Phi) is 3.13. The zero-order valence-corrected chi connectivity index (χ0v) is 12.1. The summed E-state index contributed by atoms with van der Waals surface area (Å²) in [5.41, 5.74) is 0.903. The van der Waals surface area contributed by atoms with Crippen LogP contribution in [-0.4, -0.2) is 38.5 Å². The minimum Gasteiger partial charge on any atom is -0.342 e. The summed E-state index contributed by atoms with van der Waals surface area (Å²) in [5.74, 6) is 2.15. The van der Waals surface area contributed by atoms with Gasteiger partial charge in [0.2, 0.25) is 5.91 Å². The summed E-state index contributed by atoms with van der Waals surface area (Å²) < 4.78 is 2.08. The highest BCUT2D eigenvalue weighted by Gasteiger charge is 2.32. The largest absolute Gasteiger partial charge is 0.342 e. The number of likely N-dealkylation sites (tertiary alicyclic amines) is 1. The van der Waals surface area contributed by atoms with E-state index < -0.39 is 0 Å². The van der Waals surface area contributed by atoms with Gasteiger partial charge in [-0.3, -0.25) is 9.20 Å². The van der Waals surface area contributed by atoms with Gasteiger partial charge in [-0.1, -0.05) is 12.5 Å². The van der Waals surface area contributed by atoms with Crippen molar-refractivity contribution in [3.05, 3.63) is 30.2 Å². The highest BCUT2D eigenvalue weighted by molar-refractivity contribution is 5.79. The molecule has 2 aromatic rings. The monoisotopic (exact) mass is 284 g/mol. The van der Waals surface area contributed by atoms with Crippen molar-refractivity contribution in [3.63, 3.8) is 0 Å². The third-order valence-electron chi connectivity index (χ3n) is 4.97. The Morgan fingerprint density at radius 3 is 2.62 bits per heavy atom. The second kappa shape index (κ2) is 5.13. The normalized spacial score (nSPS) is 20.7. The molecule has 2 fully saturated rings. The van der Waals surface area contributed by atoms with E-state index in [-0.39, 0.29) is 0 Å². The Morgan fingerprint density at radius 2 is 1.90 bits per heavy atom. The molecule has 1 amide bonds. The van der Waals surface area contributed by atoms with Crippen LogP contribution in [0.25, 0.3) is 5.65 Å². The van der Waals surface area contributed by atoms with Crippen molar-refractivity contribution in [2.45, 2.75) is 38.0 Å². The Hall–Kier alpha value is -1.91. The lowest BCUT2D eigenvalue weighted by Gasteiger charge is -2.36. The molecule has 1 aliphatic heterocycles. The van der Waals surface area contributed by atoms with Crippen molar-refractivity contribution in [2.24, 2.45) is 5.92 Å². The Morgan fingerprint density at radius 1 is 1.10 bits per heavy atom. The Balaban J connectivity index is 1.46. The SMILES string of the molecule is O=C(C1CCC1)N1CCC(c2nnc3ccccn23)CC1. The van der Waals surface area contributed by atoms with Crippen molar-refractivity contribution in [3.8, 4) is 0 Å². The molecule has 0 radical (unpaired) electrons. The Bertz CT molecular complexity index is 653. The zero-order valence-electron chi connectivity index (χ0n) is 12.1. The summed E-state index contributed by atoms with van der Waals surface area (Å²) >= 11 is 0. The van der Waals surface area contributed by atoms with Gasteiger partial charge in [0.1, 0.15) is 5.82 Å². The molecule has 2 aromatic heterocycles. The average molecular weight is 284 g/mol. The van der Waals surface area contributed by atoms with Crippen LogP contribution in [0.5, 0.6) is 0 Å². The van der Waals surface area contributed by atoms with Crippen LogP contribution in [0.1, 0.15) is 43.8 Å². The first-order valence-electron chi connectivity index (χ1n) is 7.91. The van der Waals surface area contributed by atoms with Crippen molar-refractivity contribution >= 4 is 11.6 Å². The summed E-state index contributed by atoms with van der Waals surface area (Å²) in [5, 5.41) is 8.59. The Labute approximate surface area is 124 Å². The molecule has 0 bridgehead atoms. The van der Waals surface area contributed by atoms with Gasteiger partial charge in [0.25, 0.3) is 0 Å². The molecule has 1 saturated heterocycles. The lowest BCUT2D eigenvalue weighted by molar-refractivity contribution is -0.139. The topological polar surface area (TPSA) is 50.5 Å². The molecule has 0 spiro atoms. The van der Waals surface area contributed by atoms with E-state index >= 15 is 0 Å². The third kappa shape index (κ3) is 2.20. The summed E-state index contributed by atoms with van der Waals surface area (Å²) in [6.45, 7) is 1.73. The number of hydrogen-bond acceptors (Lipinski definition) is 3. The van der Waals surface area contributed by atoms with Crippen molar-refractivity contribution in [1.29, 1.82) is 0 Å². The number of amides is 1. The maximum absolute atomic E-state index is 12.3. The molecule has 0 N–H and O–H groups in total. The minimum absolute atomic E-state index is 0.315. The molecular weight excluding hydrogens is 264 g/mol. The molecule has 1 saturated carbocycles. The van der Waals surface area contributed by atoms with Crippen LogP contribution < -0.4 is 0 Å². The maximum atomic E-state index is 12.3. The molecule has 5 heteroatoms. The van der Waals surface area contributed by atoms with Gasteiger partial charge in [-0.2, -0.15) is 0 Å². The van der Waals surface area contributed by atoms with E-state index in [0.717, 1.165) is 50.2 Å². The molecule has 21 heavy (non-hydrogen) atoms. The van der Waals surface area contributed by atoms with Gasteiger partial charge < -0.3 is 4.90 Å². The number of carbonyl (C=O) groups is 1. The molecule has 1 aliphatic carbocycles. The average Bonchev–Trinajstić information content (AvgIpc) is 2.89. The van der Waals surface area contributed by atoms with E-state index in [1.807, 2.05) is 24.4 Å². The maximum Gasteiger partial charge on any atom is 0.225 e. The van der Waals surface area contributed by atoms with Crippen LogP contribution in [0.4, 0.5) is 0 Å². The number of aromatic nitrogens is 3. The van der Waals surface area contributed by atoms with Gasteiger partial charge in [0.15, 0.2) is 5.65 Å². The van der Waals surface area contributed by atoms with Gasteiger partial charge >= 0.3 is 0 Å². The number of pyridine rings is 1. The number of nitrogens with zero attached hydrogens (tertiary/aromatic N) is 4. The predicted molar refractivity (Wildman–Crippen MR) is 78.9 cm³/mol. The number of rotatable bonds is 2. The molecule has 5 nitrogen and oxygen atoms in total. The van der Waals surface area contributed by atoms with E-state index in [9.17, 15) is 4.79 Å². The fourth-order valence-electron chi connectivity index (χ4n) is 3.41. The van der Waals surface area contributed by atoms with Crippen molar-refractivity contribution < 1.29 is 4.79 Å². The van der Waals surface area contributed by atoms with Crippen molar-refractivity contribution in [1.82, 2.24) is 19.5 Å². The lowest BCUT2D eigenvalue weighted by atomic mass is 9.83. The predicted octanol–water partition coefficient (Wildman–Crippen LogP) is 2.24. The molecule has 2 aliphatic rings. The van der Waals surface area contributed by atoms with Crippen LogP contribution in [0, 0.1) is 5.92 Å². The van der Waals surface area contributed by atoms with E-state index in [4.69, 9.17) is 0 Å². The van der Waals surface area contributed by atoms with Crippen LogP contribution in [0.15, 0.2) is 24.4 Å². The molecule has 3 heterocycles. The van der Waals surface area contributed by atoms with Crippen LogP contribution in [0.3, 0.4) is 0 Å². The minimum atomic E-state index is 0.315. The fourth-order valence-corrected chi connectivity index (χ4v) is 3.41. The quantitative estimate of drug-likeness (QED) is 0.849. The van der Waals surface area contributed by atoms with Gasteiger partial charge in [-0.25, -0.2) is 0 Å². The van der Waals surface area contributed by atoms with Gasteiger partial charge in [-0.05, 0) is 37.8 Å². The van der Waals surface area contributed by atoms with Crippen LogP contribution in [0.2, 0.25) is 0 Å². The lowest BCUT2D eigenvalue weighted by Crippen LogP contribution is -2.43. The third-order valence-corrected chi connectivity index (χ3v) is 4.97. The standard InChI is InChI=1S/C16H20N4O/c21-16(13-4-3-5-13)19-10-7-12(8-11-19)15-18-17-14-6-1-2-9-20(14)15/h1-2,6,9,12-13H,3-5,7-8,10-11H2. The molecular formula is C16H20N4O. The van der Waals surface area contributed by atoms with E-state index in [0.29, 0.717) is 17.7 Å². The molecule has 0 unspecified atom stereocenters. The first kappa shape index (κ1) is 12.8. The van der Waals surface area contributed by atoms with Gasteiger partial charge in [0.05, 0.1) is 0 Å². The molecule has 110 valence electrons. The number of carbonyl (C=O) groups excluding carboxylic acids is 1. The van der Waals surface area contributed by atoms with E-state index in [2.05, 4.69) is 19.5 Å². The molecule has 0 aromatic carbocycles. The van der Waals surface area contributed by atoms with E-state index in [1.54, 1.807) is 0 Å². The second-order valence-electron chi connectivity index (χ2n) is 6.21. The second-order valence-corrected chi connectivity index (χ2v) is 6.21.